The largest absolute Gasteiger partial charge is 0.497 e. The van der Waals surface area contributed by atoms with Crippen molar-refractivity contribution in [3.05, 3.63) is 57.7 Å². The summed E-state index contributed by atoms with van der Waals surface area (Å²) in [6, 6.07) is 10.8. The summed E-state index contributed by atoms with van der Waals surface area (Å²) in [5.41, 5.74) is 1.66. The SMILES string of the molecule is CCCOc1c(Br)cc(/C=C2/N=C(c3ccc(OC)cc3)OC2=O)cc1OCC. The molecule has 0 N–H and O–H groups in total. The Morgan fingerprint density at radius 3 is 2.55 bits per heavy atom. The van der Waals surface area contributed by atoms with E-state index in [0.717, 1.165) is 16.5 Å². The van der Waals surface area contributed by atoms with Gasteiger partial charge in [0.2, 0.25) is 5.90 Å². The van der Waals surface area contributed by atoms with Gasteiger partial charge in [0, 0.05) is 5.56 Å². The molecule has 0 radical (unpaired) electrons. The molecule has 1 aliphatic rings. The van der Waals surface area contributed by atoms with Gasteiger partial charge in [0.05, 0.1) is 24.8 Å². The third-order valence-corrected chi connectivity index (χ3v) is 4.63. The Bertz CT molecular complexity index is 950. The Hall–Kier alpha value is -2.80. The molecule has 152 valence electrons. The van der Waals surface area contributed by atoms with Crippen LogP contribution < -0.4 is 14.2 Å². The number of cyclic esters (lactones) is 1. The van der Waals surface area contributed by atoms with E-state index in [-0.39, 0.29) is 11.6 Å². The second-order valence-corrected chi connectivity index (χ2v) is 7.03. The van der Waals surface area contributed by atoms with Gasteiger partial charge in [-0.25, -0.2) is 9.79 Å². The molecule has 0 amide bonds. The fraction of sp³-hybridized carbons (Fsp3) is 0.273. The topological polar surface area (TPSA) is 66.3 Å². The molecule has 0 saturated carbocycles. The lowest BCUT2D eigenvalue weighted by molar-refractivity contribution is -0.129. The lowest BCUT2D eigenvalue weighted by atomic mass is 10.1. The van der Waals surface area contributed by atoms with Gasteiger partial charge in [-0.3, -0.25) is 0 Å². The van der Waals surface area contributed by atoms with Crippen molar-refractivity contribution in [2.45, 2.75) is 20.3 Å². The van der Waals surface area contributed by atoms with Gasteiger partial charge in [0.1, 0.15) is 5.75 Å². The van der Waals surface area contributed by atoms with Crippen LogP contribution in [0.15, 0.2) is 51.6 Å². The van der Waals surface area contributed by atoms with Crippen molar-refractivity contribution < 1.29 is 23.7 Å². The molecule has 2 aromatic carbocycles. The zero-order chi connectivity index (χ0) is 20.8. The number of methoxy groups -OCH3 is 1. The predicted molar refractivity (Wildman–Crippen MR) is 115 cm³/mol. The number of halogens is 1. The van der Waals surface area contributed by atoms with Gasteiger partial charge >= 0.3 is 5.97 Å². The molecule has 3 rings (SSSR count). The maximum Gasteiger partial charge on any atom is 0.363 e. The number of aliphatic imine (C=N–C) groups is 1. The molecule has 0 aliphatic carbocycles. The zero-order valence-electron chi connectivity index (χ0n) is 16.5. The maximum atomic E-state index is 12.3. The van der Waals surface area contributed by atoms with E-state index in [9.17, 15) is 4.79 Å². The van der Waals surface area contributed by atoms with Crippen LogP contribution in [0.4, 0.5) is 0 Å². The van der Waals surface area contributed by atoms with Gasteiger partial charge < -0.3 is 18.9 Å². The van der Waals surface area contributed by atoms with E-state index in [1.54, 1.807) is 37.5 Å². The summed E-state index contributed by atoms with van der Waals surface area (Å²) in [6.45, 7) is 5.03. The van der Waals surface area contributed by atoms with E-state index in [1.165, 1.54) is 0 Å². The summed E-state index contributed by atoms with van der Waals surface area (Å²) in [7, 11) is 1.59. The number of ether oxygens (including phenoxy) is 4. The highest BCUT2D eigenvalue weighted by Gasteiger charge is 2.24. The summed E-state index contributed by atoms with van der Waals surface area (Å²) in [4.78, 5) is 16.6. The monoisotopic (exact) mass is 459 g/mol. The van der Waals surface area contributed by atoms with Crippen molar-refractivity contribution in [3.63, 3.8) is 0 Å². The number of carbonyl (C=O) groups is 1. The molecule has 0 bridgehead atoms. The Balaban J connectivity index is 1.91. The third-order valence-electron chi connectivity index (χ3n) is 4.04. The van der Waals surface area contributed by atoms with Crippen molar-refractivity contribution in [2.24, 2.45) is 4.99 Å². The summed E-state index contributed by atoms with van der Waals surface area (Å²) < 4.78 is 22.7. The smallest absolute Gasteiger partial charge is 0.363 e. The molecule has 0 aromatic heterocycles. The number of hydrogen-bond donors (Lipinski definition) is 0. The Morgan fingerprint density at radius 1 is 1.14 bits per heavy atom. The Kier molecular flexibility index (Phi) is 6.93. The molecule has 6 nitrogen and oxygen atoms in total. The standard InChI is InChI=1S/C22H22BrNO5/c1-4-10-28-20-17(23)11-14(13-19(20)27-5-2)12-18-22(25)29-21(24-18)15-6-8-16(26-3)9-7-15/h6-9,11-13H,4-5,10H2,1-3H3/b18-12+. The molecule has 29 heavy (non-hydrogen) atoms. The van der Waals surface area contributed by atoms with E-state index < -0.39 is 5.97 Å². The molecular formula is C22H22BrNO5. The predicted octanol–water partition coefficient (Wildman–Crippen LogP) is 4.99. The fourth-order valence-electron chi connectivity index (χ4n) is 2.70. The first-order valence-electron chi connectivity index (χ1n) is 9.31. The van der Waals surface area contributed by atoms with Gasteiger partial charge in [-0.15, -0.1) is 0 Å². The van der Waals surface area contributed by atoms with E-state index >= 15 is 0 Å². The van der Waals surface area contributed by atoms with Crippen molar-refractivity contribution in [2.75, 3.05) is 20.3 Å². The Morgan fingerprint density at radius 2 is 1.90 bits per heavy atom. The van der Waals surface area contributed by atoms with Crippen LogP contribution in [0.1, 0.15) is 31.4 Å². The lowest BCUT2D eigenvalue weighted by Gasteiger charge is -2.14. The quantitative estimate of drug-likeness (QED) is 0.410. The van der Waals surface area contributed by atoms with Crippen molar-refractivity contribution in [1.82, 2.24) is 0 Å². The molecule has 2 aromatic rings. The summed E-state index contributed by atoms with van der Waals surface area (Å²) in [6.07, 6.45) is 2.55. The minimum absolute atomic E-state index is 0.215. The summed E-state index contributed by atoms with van der Waals surface area (Å²) in [5, 5.41) is 0. The van der Waals surface area contributed by atoms with Crippen LogP contribution in [0, 0.1) is 0 Å². The first-order valence-corrected chi connectivity index (χ1v) is 10.1. The second kappa shape index (κ2) is 9.60. The molecule has 0 fully saturated rings. The first kappa shape index (κ1) is 20.9. The highest BCUT2D eigenvalue weighted by Crippen LogP contribution is 2.38. The molecule has 0 unspecified atom stereocenters. The molecule has 1 heterocycles. The summed E-state index contributed by atoms with van der Waals surface area (Å²) >= 11 is 3.53. The van der Waals surface area contributed by atoms with Crippen molar-refractivity contribution in [3.8, 4) is 17.2 Å². The average molecular weight is 460 g/mol. The van der Waals surface area contributed by atoms with Gasteiger partial charge in [0.15, 0.2) is 17.2 Å². The fourth-order valence-corrected chi connectivity index (χ4v) is 3.28. The summed E-state index contributed by atoms with van der Waals surface area (Å²) in [5.74, 6) is 1.72. The zero-order valence-corrected chi connectivity index (χ0v) is 18.1. The van der Waals surface area contributed by atoms with Crippen LogP contribution in [0.5, 0.6) is 17.2 Å². The highest BCUT2D eigenvalue weighted by atomic mass is 79.9. The molecule has 0 saturated heterocycles. The van der Waals surface area contributed by atoms with Crippen LogP contribution in [0.3, 0.4) is 0 Å². The highest BCUT2D eigenvalue weighted by molar-refractivity contribution is 9.10. The lowest BCUT2D eigenvalue weighted by Crippen LogP contribution is -2.05. The van der Waals surface area contributed by atoms with Crippen LogP contribution in [-0.4, -0.2) is 32.2 Å². The molecule has 7 heteroatoms. The molecule has 0 atom stereocenters. The van der Waals surface area contributed by atoms with Gasteiger partial charge in [0.25, 0.3) is 0 Å². The number of benzene rings is 2. The van der Waals surface area contributed by atoms with Gasteiger partial charge in [-0.2, -0.15) is 0 Å². The van der Waals surface area contributed by atoms with Crippen molar-refractivity contribution in [1.29, 1.82) is 0 Å². The van der Waals surface area contributed by atoms with Crippen LogP contribution in [0.2, 0.25) is 0 Å². The normalized spacial score (nSPS) is 14.6. The number of nitrogens with zero attached hydrogens (tertiary/aromatic N) is 1. The van der Waals surface area contributed by atoms with E-state index in [2.05, 4.69) is 20.9 Å². The molecule has 1 aliphatic heterocycles. The van der Waals surface area contributed by atoms with E-state index in [4.69, 9.17) is 18.9 Å². The minimum Gasteiger partial charge on any atom is -0.497 e. The second-order valence-electron chi connectivity index (χ2n) is 6.18. The Labute approximate surface area is 178 Å². The van der Waals surface area contributed by atoms with Crippen LogP contribution in [-0.2, 0) is 9.53 Å². The molecule has 0 spiro atoms. The first-order chi connectivity index (χ1) is 14.0. The van der Waals surface area contributed by atoms with Gasteiger partial charge in [-0.05, 0) is 77.3 Å². The van der Waals surface area contributed by atoms with Crippen LogP contribution >= 0.6 is 15.9 Å². The van der Waals surface area contributed by atoms with Crippen molar-refractivity contribution >= 4 is 33.9 Å². The number of hydrogen-bond acceptors (Lipinski definition) is 6. The molecular weight excluding hydrogens is 438 g/mol. The third kappa shape index (κ3) is 4.98. The van der Waals surface area contributed by atoms with Gasteiger partial charge in [-0.1, -0.05) is 6.92 Å². The van der Waals surface area contributed by atoms with E-state index in [0.29, 0.717) is 36.0 Å². The number of esters is 1. The maximum absolute atomic E-state index is 12.3. The minimum atomic E-state index is -0.504. The average Bonchev–Trinajstić information content (AvgIpc) is 3.08. The van der Waals surface area contributed by atoms with E-state index in [1.807, 2.05) is 26.0 Å². The number of rotatable bonds is 8. The van der Waals surface area contributed by atoms with Crippen LogP contribution in [0.25, 0.3) is 6.08 Å². The number of carbonyl (C=O) groups excluding carboxylic acids is 1.